The molecule has 0 aliphatic carbocycles. The lowest BCUT2D eigenvalue weighted by molar-refractivity contribution is 0.410. The minimum absolute atomic E-state index is 0.217. The summed E-state index contributed by atoms with van der Waals surface area (Å²) in [6.07, 6.45) is 0. The number of phenols is 1. The highest BCUT2D eigenvalue weighted by atomic mass is 16.5. The maximum Gasteiger partial charge on any atom is 0.191 e. The van der Waals surface area contributed by atoms with Crippen LogP contribution in [0.2, 0.25) is 0 Å². The Morgan fingerprint density at radius 3 is 2.21 bits per heavy atom. The lowest BCUT2D eigenvalue weighted by Gasteiger charge is -2.13. The van der Waals surface area contributed by atoms with Crippen LogP contribution in [0, 0.1) is 0 Å². The molecule has 0 spiro atoms. The summed E-state index contributed by atoms with van der Waals surface area (Å²) in [7, 11) is 4.95. The van der Waals surface area contributed by atoms with Crippen molar-refractivity contribution in [3.05, 3.63) is 53.6 Å². The van der Waals surface area contributed by atoms with Gasteiger partial charge in [0.25, 0.3) is 0 Å². The van der Waals surface area contributed by atoms with E-state index >= 15 is 0 Å². The molecule has 0 heterocycles. The van der Waals surface area contributed by atoms with Gasteiger partial charge >= 0.3 is 0 Å². The quantitative estimate of drug-likeness (QED) is 0.560. The highest BCUT2D eigenvalue weighted by Gasteiger charge is 2.05. The first-order valence-corrected chi connectivity index (χ1v) is 7.59. The fraction of sp³-hybridized carbons (Fsp3) is 0.278. The lowest BCUT2D eigenvalue weighted by Crippen LogP contribution is -2.36. The molecule has 0 amide bonds. The molecule has 2 aromatic carbocycles. The number of methoxy groups -OCH3 is 2. The standard InChI is InChI=1S/C18H23N3O3/c1-19-18(20-11-13-4-6-15(23-2)7-5-13)21-12-14-10-16(24-3)8-9-17(14)22/h4-10,22H,11-12H2,1-3H3,(H2,19,20,21). The molecule has 0 aliphatic rings. The molecule has 6 nitrogen and oxygen atoms in total. The van der Waals surface area contributed by atoms with Gasteiger partial charge in [-0.2, -0.15) is 0 Å². The Kier molecular flexibility index (Phi) is 6.31. The highest BCUT2D eigenvalue weighted by Crippen LogP contribution is 2.22. The van der Waals surface area contributed by atoms with Gasteiger partial charge in [-0.15, -0.1) is 0 Å². The third-order valence-corrected chi connectivity index (χ3v) is 3.58. The van der Waals surface area contributed by atoms with Crippen LogP contribution in [0.25, 0.3) is 0 Å². The van der Waals surface area contributed by atoms with Crippen LogP contribution in [0.15, 0.2) is 47.5 Å². The van der Waals surface area contributed by atoms with Gasteiger partial charge in [0.05, 0.1) is 14.2 Å². The predicted molar refractivity (Wildman–Crippen MR) is 94.7 cm³/mol. The van der Waals surface area contributed by atoms with Gasteiger partial charge in [0.1, 0.15) is 17.2 Å². The van der Waals surface area contributed by atoms with E-state index in [0.717, 1.165) is 16.9 Å². The monoisotopic (exact) mass is 329 g/mol. The van der Waals surface area contributed by atoms with E-state index in [1.54, 1.807) is 39.5 Å². The van der Waals surface area contributed by atoms with Crippen LogP contribution in [0.3, 0.4) is 0 Å². The smallest absolute Gasteiger partial charge is 0.191 e. The van der Waals surface area contributed by atoms with Crippen LogP contribution in [0.5, 0.6) is 17.2 Å². The van der Waals surface area contributed by atoms with Gasteiger partial charge in [0.15, 0.2) is 5.96 Å². The Labute approximate surface area is 142 Å². The molecule has 0 saturated heterocycles. The van der Waals surface area contributed by atoms with E-state index in [4.69, 9.17) is 9.47 Å². The molecule has 2 rings (SSSR count). The fourth-order valence-corrected chi connectivity index (χ4v) is 2.16. The van der Waals surface area contributed by atoms with E-state index in [-0.39, 0.29) is 5.75 Å². The SMILES string of the molecule is CN=C(NCc1ccc(OC)cc1)NCc1cc(OC)ccc1O. The van der Waals surface area contributed by atoms with E-state index in [9.17, 15) is 5.11 Å². The summed E-state index contributed by atoms with van der Waals surface area (Å²) in [6, 6.07) is 12.9. The first-order valence-electron chi connectivity index (χ1n) is 7.59. The molecule has 3 N–H and O–H groups in total. The zero-order valence-electron chi connectivity index (χ0n) is 14.2. The van der Waals surface area contributed by atoms with Crippen LogP contribution in [-0.2, 0) is 13.1 Å². The molecule has 0 saturated carbocycles. The summed E-state index contributed by atoms with van der Waals surface area (Å²) in [5.74, 6) is 2.39. The summed E-state index contributed by atoms with van der Waals surface area (Å²) in [6.45, 7) is 1.07. The van der Waals surface area contributed by atoms with Crippen molar-refractivity contribution in [3.63, 3.8) is 0 Å². The predicted octanol–water partition coefficient (Wildman–Crippen LogP) is 2.27. The van der Waals surface area contributed by atoms with Gasteiger partial charge in [-0.05, 0) is 35.9 Å². The summed E-state index contributed by atoms with van der Waals surface area (Å²) >= 11 is 0. The van der Waals surface area contributed by atoms with E-state index in [0.29, 0.717) is 24.8 Å². The van der Waals surface area contributed by atoms with Crippen molar-refractivity contribution in [3.8, 4) is 17.2 Å². The Morgan fingerprint density at radius 1 is 0.958 bits per heavy atom. The molecular weight excluding hydrogens is 306 g/mol. The van der Waals surface area contributed by atoms with Crippen LogP contribution in [-0.4, -0.2) is 32.3 Å². The highest BCUT2D eigenvalue weighted by molar-refractivity contribution is 5.79. The molecule has 2 aromatic rings. The van der Waals surface area contributed by atoms with E-state index < -0.39 is 0 Å². The van der Waals surface area contributed by atoms with Crippen molar-refractivity contribution in [2.45, 2.75) is 13.1 Å². The number of rotatable bonds is 6. The van der Waals surface area contributed by atoms with Crippen molar-refractivity contribution in [2.24, 2.45) is 4.99 Å². The van der Waals surface area contributed by atoms with Crippen molar-refractivity contribution in [1.29, 1.82) is 0 Å². The molecule has 0 unspecified atom stereocenters. The number of nitrogens with one attached hydrogen (secondary N) is 2. The Balaban J connectivity index is 1.90. The second-order valence-corrected chi connectivity index (χ2v) is 5.12. The zero-order chi connectivity index (χ0) is 17.4. The molecule has 128 valence electrons. The molecule has 24 heavy (non-hydrogen) atoms. The van der Waals surface area contributed by atoms with Crippen LogP contribution in [0.4, 0.5) is 0 Å². The van der Waals surface area contributed by atoms with Crippen LogP contribution < -0.4 is 20.1 Å². The van der Waals surface area contributed by atoms with Gasteiger partial charge in [-0.3, -0.25) is 4.99 Å². The van der Waals surface area contributed by atoms with Gasteiger partial charge in [0, 0.05) is 25.7 Å². The fourth-order valence-electron chi connectivity index (χ4n) is 2.16. The molecule has 0 bridgehead atoms. The molecule has 0 aromatic heterocycles. The number of benzene rings is 2. The van der Waals surface area contributed by atoms with Crippen molar-refractivity contribution < 1.29 is 14.6 Å². The van der Waals surface area contributed by atoms with Gasteiger partial charge < -0.3 is 25.2 Å². The van der Waals surface area contributed by atoms with E-state index in [2.05, 4.69) is 15.6 Å². The molecule has 0 atom stereocenters. The van der Waals surface area contributed by atoms with Gasteiger partial charge in [-0.1, -0.05) is 12.1 Å². The number of aromatic hydroxyl groups is 1. The molecule has 0 radical (unpaired) electrons. The van der Waals surface area contributed by atoms with Gasteiger partial charge in [0.2, 0.25) is 0 Å². The Bertz CT molecular complexity index is 684. The first kappa shape index (κ1) is 17.5. The largest absolute Gasteiger partial charge is 0.508 e. The molecule has 6 heteroatoms. The number of aliphatic imine (C=N–C) groups is 1. The van der Waals surface area contributed by atoms with Crippen LogP contribution in [0.1, 0.15) is 11.1 Å². The number of nitrogens with zero attached hydrogens (tertiary/aromatic N) is 1. The molecule has 0 fully saturated rings. The Hall–Kier alpha value is -2.89. The lowest BCUT2D eigenvalue weighted by atomic mass is 10.2. The van der Waals surface area contributed by atoms with Crippen molar-refractivity contribution >= 4 is 5.96 Å². The third-order valence-electron chi connectivity index (χ3n) is 3.58. The topological polar surface area (TPSA) is 75.1 Å². The zero-order valence-corrected chi connectivity index (χ0v) is 14.2. The summed E-state index contributed by atoms with van der Waals surface area (Å²) in [4.78, 5) is 4.18. The maximum absolute atomic E-state index is 9.91. The second-order valence-electron chi connectivity index (χ2n) is 5.12. The van der Waals surface area contributed by atoms with E-state index in [1.165, 1.54) is 0 Å². The summed E-state index contributed by atoms with van der Waals surface area (Å²) in [5, 5.41) is 16.3. The third kappa shape index (κ3) is 4.81. The number of guanidine groups is 1. The number of ether oxygens (including phenoxy) is 2. The van der Waals surface area contributed by atoms with Crippen molar-refractivity contribution in [2.75, 3.05) is 21.3 Å². The van der Waals surface area contributed by atoms with Crippen LogP contribution >= 0.6 is 0 Å². The minimum atomic E-state index is 0.217. The second kappa shape index (κ2) is 8.67. The average molecular weight is 329 g/mol. The van der Waals surface area contributed by atoms with E-state index in [1.807, 2.05) is 24.3 Å². The normalized spacial score (nSPS) is 11.0. The van der Waals surface area contributed by atoms with Crippen molar-refractivity contribution in [1.82, 2.24) is 10.6 Å². The Morgan fingerprint density at radius 2 is 1.58 bits per heavy atom. The number of phenolic OH excluding ortho intramolecular Hbond substituents is 1. The minimum Gasteiger partial charge on any atom is -0.508 e. The maximum atomic E-state index is 9.91. The summed E-state index contributed by atoms with van der Waals surface area (Å²) in [5.41, 5.74) is 1.85. The summed E-state index contributed by atoms with van der Waals surface area (Å²) < 4.78 is 10.3. The average Bonchev–Trinajstić information content (AvgIpc) is 2.63. The first-order chi connectivity index (χ1) is 11.7. The number of hydrogen-bond donors (Lipinski definition) is 3. The van der Waals surface area contributed by atoms with Gasteiger partial charge in [-0.25, -0.2) is 0 Å². The number of hydrogen-bond acceptors (Lipinski definition) is 4. The molecule has 0 aliphatic heterocycles. The molecular formula is C18H23N3O3.